The lowest BCUT2D eigenvalue weighted by Gasteiger charge is -2.32. The van der Waals surface area contributed by atoms with Crippen molar-refractivity contribution in [1.82, 2.24) is 102 Å². The minimum Gasteiger partial charge on any atom is -0.397 e. The van der Waals surface area contributed by atoms with Crippen LogP contribution in [0.15, 0.2) is 90.7 Å². The zero-order chi connectivity index (χ0) is 95.0. The van der Waals surface area contributed by atoms with Gasteiger partial charge in [-0.2, -0.15) is 9.97 Å². The summed E-state index contributed by atoms with van der Waals surface area (Å²) < 4.78 is 222. The Morgan fingerprint density at radius 1 is 0.363 bits per heavy atom. The van der Waals surface area contributed by atoms with Crippen molar-refractivity contribution in [2.45, 2.75) is 147 Å². The van der Waals surface area contributed by atoms with E-state index in [0.29, 0.717) is 16.9 Å². The molecule has 0 amide bonds. The molecule has 8 bridgehead atoms. The Balaban J connectivity index is 0.000000126. The molecule has 0 saturated carbocycles. The molecule has 23 N–H and O–H groups in total. The smallest absolute Gasteiger partial charge is 0.397 e. The van der Waals surface area contributed by atoms with Gasteiger partial charge in [0.15, 0.2) is 100 Å². The lowest BCUT2D eigenvalue weighted by Crippen LogP contribution is -2.45. The number of nitrogen functional groups attached to an aromatic ring is 6. The molecule has 30 atom stereocenters. The van der Waals surface area contributed by atoms with E-state index in [1.54, 1.807) is 6.07 Å². The predicted molar refractivity (Wildman–Crippen MR) is 435 cm³/mol. The van der Waals surface area contributed by atoms with Crippen molar-refractivity contribution < 1.29 is 168 Å². The number of fused-ring (bicyclic) bond motifs is 14. The van der Waals surface area contributed by atoms with Crippen molar-refractivity contribution in [1.29, 1.82) is 0 Å². The zero-order valence-electron chi connectivity index (χ0n) is 67.7. The number of phosphoric ester groups is 6. The van der Waals surface area contributed by atoms with Crippen LogP contribution in [0.2, 0.25) is 0 Å². The molecule has 0 aliphatic carbocycles. The molecule has 22 heterocycles. The number of aromatic amines is 2. The van der Waals surface area contributed by atoms with Crippen molar-refractivity contribution in [2.24, 2.45) is 0 Å². The van der Waals surface area contributed by atoms with Crippen LogP contribution in [0.5, 0.6) is 0 Å². The largest absolute Gasteiger partial charge is 0.472 e. The van der Waals surface area contributed by atoms with Crippen LogP contribution in [0.1, 0.15) is 37.4 Å². The summed E-state index contributed by atoms with van der Waals surface area (Å²) in [5.41, 5.74) is 33.9. The average Bonchev–Trinajstić information content (AvgIpc) is 1.55. The van der Waals surface area contributed by atoms with Gasteiger partial charge in [0.1, 0.15) is 126 Å². The fraction of sp³-hybridized carbons (Fsp3) is 0.484. The monoisotopic (exact) mass is 2020 g/mol. The summed E-state index contributed by atoms with van der Waals surface area (Å²) in [4.78, 5) is 146. The summed E-state index contributed by atoms with van der Waals surface area (Å²) in [5.74, 6) is -0.553. The number of ether oxygens (including phenoxy) is 7. The quantitative estimate of drug-likeness (QED) is 0.0790. The second kappa shape index (κ2) is 34.6. The maximum absolute atomic E-state index is 15.9. The predicted octanol–water partition coefficient (Wildman–Crippen LogP) is -2.14. The number of phosphoric acid groups is 6. The van der Waals surface area contributed by atoms with Crippen molar-refractivity contribution in [3.63, 3.8) is 0 Å². The van der Waals surface area contributed by atoms with Gasteiger partial charge in [-0.25, -0.2) is 91.0 Å². The molecule has 10 saturated heterocycles. The minimum atomic E-state index is -5.19. The highest BCUT2D eigenvalue weighted by Gasteiger charge is 2.67. The van der Waals surface area contributed by atoms with Crippen LogP contribution in [0.4, 0.5) is 43.6 Å². The van der Waals surface area contributed by atoms with E-state index in [2.05, 4.69) is 74.8 Å². The number of nitrogens with one attached hydrogen (secondary N) is 2. The lowest BCUT2D eigenvalue weighted by molar-refractivity contribution is -0.184. The number of H-pyrrole nitrogens is 2. The van der Waals surface area contributed by atoms with Crippen LogP contribution in [0.25, 0.3) is 67.0 Å². The second-order valence-electron chi connectivity index (χ2n) is 31.3. The minimum absolute atomic E-state index is 0.0276. The molecule has 10 fully saturated rings. The first kappa shape index (κ1) is 92.7. The van der Waals surface area contributed by atoms with Gasteiger partial charge in [-0.15, -0.1) is 0 Å². The molecule has 0 spiro atoms. The Bertz CT molecular complexity index is 7090. The topological polar surface area (TPSA) is 879 Å². The van der Waals surface area contributed by atoms with E-state index >= 15 is 8.78 Å². The number of aliphatic hydroxyl groups excluding tert-OH is 3. The Morgan fingerprint density at radius 2 is 0.726 bits per heavy atom. The maximum Gasteiger partial charge on any atom is 0.472 e. The van der Waals surface area contributed by atoms with E-state index in [4.69, 9.17) is 122 Å². The van der Waals surface area contributed by atoms with Crippen molar-refractivity contribution in [3.05, 3.63) is 102 Å². The molecule has 135 heavy (non-hydrogen) atoms. The maximum atomic E-state index is 15.9. The molecule has 10 aliphatic heterocycles. The number of hydrogen-bond acceptors (Lipinski definition) is 49. The van der Waals surface area contributed by atoms with Crippen molar-refractivity contribution in [2.75, 3.05) is 80.7 Å². The molecule has 12 aromatic heterocycles. The summed E-state index contributed by atoms with van der Waals surface area (Å²) in [6, 6.07) is 4.55. The number of anilines is 6. The summed E-state index contributed by atoms with van der Waals surface area (Å²) in [5, 5.41) is 33.2. The van der Waals surface area contributed by atoms with Crippen molar-refractivity contribution in [3.8, 4) is 0 Å². The molecule has 71 heteroatoms. The number of pyridine rings is 3. The zero-order valence-corrected chi connectivity index (χ0v) is 73.0. The highest BCUT2D eigenvalue weighted by molar-refractivity contribution is 7.48. The van der Waals surface area contributed by atoms with Gasteiger partial charge in [0.05, 0.1) is 101 Å². The van der Waals surface area contributed by atoms with Gasteiger partial charge in [0.2, 0.25) is 11.9 Å². The Labute approximate surface area is 745 Å². The van der Waals surface area contributed by atoms with Gasteiger partial charge in [0, 0.05) is 18.6 Å². The van der Waals surface area contributed by atoms with Gasteiger partial charge in [-0.1, -0.05) is 0 Å². The molecule has 0 aromatic carbocycles. The average molecular weight is 2020 g/mol. The van der Waals surface area contributed by atoms with Crippen LogP contribution < -0.4 is 45.5 Å². The molecule has 12 unspecified atom stereocenters. The molecule has 12 aromatic rings. The van der Waals surface area contributed by atoms with Crippen LogP contribution in [-0.4, -0.2) is 303 Å². The SMILES string of the molecule is Nc1nc2c(ncn2[C@@H]2O[C@@H]3COP(=O)(O)O[C@@H]4C(O)[C@H](n5cnc6c(N)ccnc65)O[C@@H]4COP(=O)(O)OC2[C@H]3F)c(=O)[nH]1.Nc1nc2c(ncn2[C@@H]2O[C@@H]3COP(=O)(O)O[C@@H]4C5OC[C@]4(COP(=O)(O)OC2[C@H]3O)O[C@H]5n2cnc3c(N)ccnc32)c(=O)[nH]1.Nc1ncnc2c1ncn2[C@@H]1O[C@@H]2COP(=O)(O)O[C@@H]3C(F)[C@H](n4cnc5c(N)ccnc54)O[C@@H]3COP(=O)(O)OC1[C@H]2O. The van der Waals surface area contributed by atoms with E-state index in [-0.39, 0.29) is 91.5 Å². The Kier molecular flexibility index (Phi) is 23.7. The molecule has 724 valence electrons. The first-order valence-corrected chi connectivity index (χ1v) is 48.5. The number of nitrogens with zero attached hydrogens (tertiary/aromatic N) is 19. The number of imidazole rings is 6. The van der Waals surface area contributed by atoms with E-state index in [1.165, 1.54) is 74.3 Å². The Hall–Kier alpha value is -9.97. The summed E-state index contributed by atoms with van der Waals surface area (Å²) in [6.45, 7) is -5.25. The fourth-order valence-corrected chi connectivity index (χ4v) is 22.4. The Morgan fingerprint density at radius 3 is 1.23 bits per heavy atom. The number of nitrogens with two attached hydrogens (primary N) is 6. The molecule has 63 nitrogen and oxygen atoms in total. The van der Waals surface area contributed by atoms with Gasteiger partial charge in [-0.3, -0.25) is 101 Å². The van der Waals surface area contributed by atoms with Crippen molar-refractivity contribution >= 4 is 149 Å². The second-order valence-corrected chi connectivity index (χ2v) is 39.7. The standard InChI is InChI=1S/C22H25N9O13P2.C21H24FN9O12P2.C21H24FN9O11P2/c23-8-1-2-25-16-10(8)26-6-30(16)20-14-15-22(42-20,4-38-14)5-40-46(36,37)43-13-12(32)9(3-39-45(34,35)44-15)41-19(13)31-7-27-11-17(31)28-21(24)29-18(11)33;22-10-8-3-38-44(34,35)42-14-9(41-19(13(14)32)30-5-26-11-7(23)1-2-25-16(11)30)4-39-45(36,37)43-15(10)20(40-8)31-6-27-12-17(31)28-21(24)29-18(12)33;22-11-15-10(40-20(11)30-6-28-12-8(23)1-2-25-18(12)30)4-38-44(35,36)42-16-14(32)9(3-37-43(33,34)41-15)39-21(16)31-7-29-13-17(24)26-5-27-19(13)31/h1-2,6-7,9,12-15,19-20,32H,3-5H2,(H2,23,25)(H,34,35)(H,36,37)(H3,24,28,29,33);1-2,5-6,8-10,13-15,19-20,32H,3-4H2,(H2,23,25)(H,34,35)(H,36,37)(H3,24,28,29,33);1-2,5-7,9-11,14-16,20-21,32H,3-4H2,(H2,23,25)(H,33,34)(H,35,36)(H2,24,26,27)/t9-,12+,13?,14?,15-,19-,20-,22-;8-,9-,10+,13?,14+,15?,19-,20-;9-,10-,11?,14+,15+,16?,20-,21-/m111/s1. The van der Waals surface area contributed by atoms with Crippen LogP contribution in [0, 0.1) is 0 Å². The van der Waals surface area contributed by atoms with Gasteiger partial charge in [-0.05, 0) is 18.2 Å². The third-order valence-electron chi connectivity index (χ3n) is 22.9. The normalized spacial score (nSPS) is 38.6. The molecule has 10 aliphatic rings. The molecule has 0 radical (unpaired) electrons. The number of alkyl halides is 2. The van der Waals surface area contributed by atoms with E-state index < -0.39 is 245 Å². The third-order valence-corrected chi connectivity index (χ3v) is 28.7. The summed E-state index contributed by atoms with van der Waals surface area (Å²) in [6.07, 6.45) is -24.3. The first-order valence-electron chi connectivity index (χ1n) is 39.5. The highest BCUT2D eigenvalue weighted by atomic mass is 31.2. The van der Waals surface area contributed by atoms with Crippen LogP contribution >= 0.6 is 46.9 Å². The number of rotatable bonds is 6. The van der Waals surface area contributed by atoms with Crippen LogP contribution in [-0.2, 0) is 115 Å². The number of halogens is 2. The highest BCUT2D eigenvalue weighted by Crippen LogP contribution is 2.61. The third kappa shape index (κ3) is 17.2. The summed E-state index contributed by atoms with van der Waals surface area (Å²) >= 11 is 0. The summed E-state index contributed by atoms with van der Waals surface area (Å²) in [7, 11) is -30.5. The number of hydrogen-bond donors (Lipinski definition) is 17. The van der Waals surface area contributed by atoms with Crippen LogP contribution in [0.3, 0.4) is 0 Å². The van der Waals surface area contributed by atoms with Gasteiger partial charge < -0.3 is 112 Å². The van der Waals surface area contributed by atoms with E-state index in [9.17, 15) is 81.7 Å². The fourth-order valence-electron chi connectivity index (χ4n) is 16.7. The molecular formula is C64H73F2N27O36P6. The lowest BCUT2D eigenvalue weighted by atomic mass is 10.0. The van der Waals surface area contributed by atoms with E-state index in [1.807, 2.05) is 0 Å². The van der Waals surface area contributed by atoms with Gasteiger partial charge >= 0.3 is 46.9 Å². The molecule has 22 rings (SSSR count). The number of aromatic nitrogens is 21. The van der Waals surface area contributed by atoms with Gasteiger partial charge in [0.25, 0.3) is 11.1 Å². The van der Waals surface area contributed by atoms with E-state index in [0.717, 1.165) is 28.1 Å². The number of aliphatic hydroxyl groups is 3. The molecular weight excluding hydrogens is 1950 g/mol. The first-order chi connectivity index (χ1) is 64.1.